The summed E-state index contributed by atoms with van der Waals surface area (Å²) in [4.78, 5) is 12.2. The summed E-state index contributed by atoms with van der Waals surface area (Å²) in [6, 6.07) is 7.47. The lowest BCUT2D eigenvalue weighted by Crippen LogP contribution is -2.33. The largest absolute Gasteiger partial charge is 0.293 e. The fraction of sp³-hybridized carbons (Fsp3) is 0.111. The van der Waals surface area contributed by atoms with Crippen LogP contribution in [0.2, 0.25) is 0 Å². The minimum absolute atomic E-state index is 0.0555. The number of hydrogen-bond acceptors (Lipinski definition) is 5. The van der Waals surface area contributed by atoms with Gasteiger partial charge in [-0.2, -0.15) is 4.80 Å². The Kier molecular flexibility index (Phi) is 3.45. The molecule has 1 aromatic carbocycles. The number of nitrogens with zero attached hydrogens (tertiary/aromatic N) is 4. The Balaban J connectivity index is 2.18. The predicted molar refractivity (Wildman–Crippen MR) is 63.3 cm³/mol. The second-order valence-corrected chi connectivity index (χ2v) is 4.13. The van der Waals surface area contributed by atoms with Crippen molar-refractivity contribution in [1.82, 2.24) is 25.6 Å². The van der Waals surface area contributed by atoms with Crippen LogP contribution >= 0.6 is 15.9 Å². The number of tetrazole rings is 1. The Morgan fingerprint density at radius 3 is 2.76 bits per heavy atom. The molecule has 3 N–H and O–H groups in total. The molecule has 0 bridgehead atoms. The number of amides is 1. The molecule has 2 aromatic rings. The highest BCUT2D eigenvalue weighted by atomic mass is 79.9. The molecule has 0 aliphatic carbocycles. The number of nitrogens with two attached hydrogens (primary N) is 1. The fourth-order valence-corrected chi connectivity index (χ4v) is 1.46. The first-order valence-corrected chi connectivity index (χ1v) is 5.51. The maximum absolute atomic E-state index is 11.0. The highest BCUT2D eigenvalue weighted by molar-refractivity contribution is 9.10. The zero-order valence-electron chi connectivity index (χ0n) is 8.67. The summed E-state index contributed by atoms with van der Waals surface area (Å²) >= 11 is 3.34. The highest BCUT2D eigenvalue weighted by Crippen LogP contribution is 2.17. The molecular formula is C9H9BrN6O. The number of rotatable bonds is 3. The maximum Gasteiger partial charge on any atom is 0.257 e. The number of carbonyl (C=O) groups is 1. The van der Waals surface area contributed by atoms with Crippen molar-refractivity contribution in [3.05, 3.63) is 28.7 Å². The summed E-state index contributed by atoms with van der Waals surface area (Å²) in [5.41, 5.74) is 2.82. The van der Waals surface area contributed by atoms with E-state index in [1.54, 1.807) is 0 Å². The van der Waals surface area contributed by atoms with Crippen molar-refractivity contribution in [1.29, 1.82) is 0 Å². The SMILES string of the molecule is NNC(=O)Cn1nnc(-c2ccc(Br)cc2)n1. The summed E-state index contributed by atoms with van der Waals surface area (Å²) in [6.45, 7) is -0.0555. The van der Waals surface area contributed by atoms with E-state index in [1.165, 1.54) is 4.80 Å². The second kappa shape index (κ2) is 5.02. The third-order valence-corrected chi connectivity index (χ3v) is 2.53. The zero-order valence-corrected chi connectivity index (χ0v) is 10.3. The van der Waals surface area contributed by atoms with Gasteiger partial charge in [0, 0.05) is 10.0 Å². The van der Waals surface area contributed by atoms with Crippen molar-refractivity contribution in [3.8, 4) is 11.4 Å². The molecular weight excluding hydrogens is 288 g/mol. The van der Waals surface area contributed by atoms with Gasteiger partial charge in [-0.1, -0.05) is 15.9 Å². The molecule has 0 fully saturated rings. The molecule has 0 aliphatic heterocycles. The number of nitrogens with one attached hydrogen (secondary N) is 1. The molecule has 0 saturated heterocycles. The van der Waals surface area contributed by atoms with E-state index in [1.807, 2.05) is 29.7 Å². The van der Waals surface area contributed by atoms with Gasteiger partial charge < -0.3 is 0 Å². The van der Waals surface area contributed by atoms with Crippen LogP contribution in [0.25, 0.3) is 11.4 Å². The third-order valence-electron chi connectivity index (χ3n) is 2.00. The van der Waals surface area contributed by atoms with Crippen LogP contribution in [0.5, 0.6) is 0 Å². The van der Waals surface area contributed by atoms with Gasteiger partial charge in [-0.15, -0.1) is 10.2 Å². The number of hydrazine groups is 1. The van der Waals surface area contributed by atoms with Crippen molar-refractivity contribution in [2.24, 2.45) is 5.84 Å². The Hall–Kier alpha value is -1.80. The first-order valence-electron chi connectivity index (χ1n) is 4.72. The van der Waals surface area contributed by atoms with E-state index in [0.29, 0.717) is 5.82 Å². The summed E-state index contributed by atoms with van der Waals surface area (Å²) in [6.07, 6.45) is 0. The van der Waals surface area contributed by atoms with Gasteiger partial charge >= 0.3 is 0 Å². The fourth-order valence-electron chi connectivity index (χ4n) is 1.20. The highest BCUT2D eigenvalue weighted by Gasteiger charge is 2.07. The number of benzene rings is 1. The van der Waals surface area contributed by atoms with Crippen molar-refractivity contribution < 1.29 is 4.79 Å². The summed E-state index contributed by atoms with van der Waals surface area (Å²) < 4.78 is 0.969. The minimum atomic E-state index is -0.384. The maximum atomic E-state index is 11.0. The van der Waals surface area contributed by atoms with Gasteiger partial charge in [0.1, 0.15) is 6.54 Å². The molecule has 0 saturated carbocycles. The number of halogens is 1. The van der Waals surface area contributed by atoms with Gasteiger partial charge in [0.05, 0.1) is 0 Å². The quantitative estimate of drug-likeness (QED) is 0.475. The van der Waals surface area contributed by atoms with Crippen LogP contribution in [0.3, 0.4) is 0 Å². The van der Waals surface area contributed by atoms with Crippen LogP contribution in [0.15, 0.2) is 28.7 Å². The molecule has 88 valence electrons. The molecule has 17 heavy (non-hydrogen) atoms. The summed E-state index contributed by atoms with van der Waals surface area (Å²) in [5, 5.41) is 11.7. The predicted octanol–water partition coefficient (Wildman–Crippen LogP) is 0.0925. The smallest absolute Gasteiger partial charge is 0.257 e. The van der Waals surface area contributed by atoms with Gasteiger partial charge in [-0.05, 0) is 29.5 Å². The average molecular weight is 297 g/mol. The van der Waals surface area contributed by atoms with Crippen LogP contribution in [-0.2, 0) is 11.3 Å². The normalized spacial score (nSPS) is 10.2. The lowest BCUT2D eigenvalue weighted by atomic mass is 10.2. The standard InChI is InChI=1S/C9H9BrN6O/c10-7-3-1-6(2-4-7)9-13-15-16(14-9)5-8(17)12-11/h1-4H,5,11H2,(H,12,17). The monoisotopic (exact) mass is 296 g/mol. The second-order valence-electron chi connectivity index (χ2n) is 3.22. The molecule has 1 amide bonds. The van der Waals surface area contributed by atoms with Gasteiger partial charge in [0.15, 0.2) is 0 Å². The Morgan fingerprint density at radius 1 is 1.41 bits per heavy atom. The van der Waals surface area contributed by atoms with Gasteiger partial charge in [-0.3, -0.25) is 10.2 Å². The van der Waals surface area contributed by atoms with Crippen molar-refractivity contribution in [2.45, 2.75) is 6.54 Å². The number of carbonyl (C=O) groups excluding carboxylic acids is 1. The van der Waals surface area contributed by atoms with E-state index in [0.717, 1.165) is 10.0 Å². The molecule has 0 unspecified atom stereocenters. The molecule has 1 heterocycles. The average Bonchev–Trinajstić information content (AvgIpc) is 2.78. The molecule has 7 nitrogen and oxygen atoms in total. The first kappa shape index (κ1) is 11.7. The lowest BCUT2D eigenvalue weighted by molar-refractivity contribution is -0.122. The van der Waals surface area contributed by atoms with Crippen molar-refractivity contribution in [3.63, 3.8) is 0 Å². The Labute approximate surface area is 105 Å². The van der Waals surface area contributed by atoms with E-state index >= 15 is 0 Å². The summed E-state index contributed by atoms with van der Waals surface area (Å²) in [5.74, 6) is 5.04. The van der Waals surface area contributed by atoms with E-state index in [4.69, 9.17) is 5.84 Å². The Bertz CT molecular complexity index is 523. The molecule has 0 aliphatic rings. The summed E-state index contributed by atoms with van der Waals surface area (Å²) in [7, 11) is 0. The molecule has 0 spiro atoms. The molecule has 0 atom stereocenters. The Morgan fingerprint density at radius 2 is 2.12 bits per heavy atom. The van der Waals surface area contributed by atoms with Gasteiger partial charge in [0.25, 0.3) is 5.91 Å². The molecule has 1 aromatic heterocycles. The van der Waals surface area contributed by atoms with Crippen LogP contribution in [0.4, 0.5) is 0 Å². The van der Waals surface area contributed by atoms with Crippen LogP contribution in [0.1, 0.15) is 0 Å². The third kappa shape index (κ3) is 2.86. The van der Waals surface area contributed by atoms with Crippen LogP contribution < -0.4 is 11.3 Å². The topological polar surface area (TPSA) is 98.7 Å². The van der Waals surface area contributed by atoms with Gasteiger partial charge in [0.2, 0.25) is 5.82 Å². The van der Waals surface area contributed by atoms with Crippen molar-refractivity contribution >= 4 is 21.8 Å². The zero-order chi connectivity index (χ0) is 12.3. The van der Waals surface area contributed by atoms with E-state index < -0.39 is 0 Å². The number of aromatic nitrogens is 4. The van der Waals surface area contributed by atoms with Crippen molar-refractivity contribution in [2.75, 3.05) is 0 Å². The van der Waals surface area contributed by atoms with E-state index in [9.17, 15) is 4.79 Å². The number of hydrogen-bond donors (Lipinski definition) is 2. The lowest BCUT2D eigenvalue weighted by Gasteiger charge is -1.96. The molecule has 8 heteroatoms. The first-order chi connectivity index (χ1) is 8.19. The molecule has 0 radical (unpaired) electrons. The van der Waals surface area contributed by atoms with Gasteiger partial charge in [-0.25, -0.2) is 5.84 Å². The van der Waals surface area contributed by atoms with E-state index in [-0.39, 0.29) is 12.5 Å². The van der Waals surface area contributed by atoms with Crippen LogP contribution in [0, 0.1) is 0 Å². The molecule has 2 rings (SSSR count). The minimum Gasteiger partial charge on any atom is -0.293 e. The van der Waals surface area contributed by atoms with E-state index in [2.05, 4.69) is 31.3 Å². The van der Waals surface area contributed by atoms with Crippen LogP contribution in [-0.4, -0.2) is 26.1 Å².